The van der Waals surface area contributed by atoms with Crippen molar-refractivity contribution in [2.24, 2.45) is 0 Å². The van der Waals surface area contributed by atoms with Crippen molar-refractivity contribution in [3.63, 3.8) is 0 Å². The van der Waals surface area contributed by atoms with Crippen LogP contribution in [-0.2, 0) is 4.79 Å². The van der Waals surface area contributed by atoms with E-state index in [2.05, 4.69) is 21.2 Å². The second kappa shape index (κ2) is 6.22. The Bertz CT molecular complexity index is 695. The van der Waals surface area contributed by atoms with E-state index >= 15 is 0 Å². The van der Waals surface area contributed by atoms with Gasteiger partial charge in [-0.15, -0.1) is 0 Å². The maximum Gasteiger partial charge on any atom is 0.471 e. The number of benzene rings is 1. The third kappa shape index (κ3) is 4.10. The van der Waals surface area contributed by atoms with Crippen LogP contribution in [0.3, 0.4) is 0 Å². The van der Waals surface area contributed by atoms with Gasteiger partial charge in [-0.05, 0) is 52.3 Å². The summed E-state index contributed by atoms with van der Waals surface area (Å²) in [5.74, 6) is -2.51. The Hall–Kier alpha value is -2.29. The molecule has 0 aliphatic rings. The lowest BCUT2D eigenvalue weighted by molar-refractivity contribution is -0.167. The molecule has 1 aromatic heterocycles. The monoisotopic (exact) mass is 376 g/mol. The SMILES string of the molecule is O=C(Nc1ccc(NC(=O)C(F)(F)F)cc1)c1ccc(Br)o1. The normalized spacial score (nSPS) is 11.1. The number of carbonyl (C=O) groups is 2. The van der Waals surface area contributed by atoms with Crippen molar-refractivity contribution >= 4 is 39.1 Å². The van der Waals surface area contributed by atoms with Crippen molar-refractivity contribution in [2.45, 2.75) is 6.18 Å². The van der Waals surface area contributed by atoms with E-state index in [1.54, 1.807) is 11.4 Å². The summed E-state index contributed by atoms with van der Waals surface area (Å²) in [6.45, 7) is 0. The van der Waals surface area contributed by atoms with Gasteiger partial charge in [-0.2, -0.15) is 13.2 Å². The zero-order valence-corrected chi connectivity index (χ0v) is 12.3. The first-order valence-electron chi connectivity index (χ1n) is 5.80. The molecule has 5 nitrogen and oxygen atoms in total. The smallest absolute Gasteiger partial charge is 0.444 e. The number of furan rings is 1. The molecule has 1 aromatic carbocycles. The minimum absolute atomic E-state index is 0.0407. The summed E-state index contributed by atoms with van der Waals surface area (Å²) >= 11 is 3.06. The van der Waals surface area contributed by atoms with E-state index in [9.17, 15) is 22.8 Å². The topological polar surface area (TPSA) is 71.3 Å². The van der Waals surface area contributed by atoms with E-state index in [4.69, 9.17) is 4.42 Å². The van der Waals surface area contributed by atoms with Crippen LogP contribution in [0.5, 0.6) is 0 Å². The first-order valence-corrected chi connectivity index (χ1v) is 6.60. The van der Waals surface area contributed by atoms with Gasteiger partial charge in [0.05, 0.1) is 0 Å². The van der Waals surface area contributed by atoms with Gasteiger partial charge in [0, 0.05) is 11.4 Å². The third-order valence-corrected chi connectivity index (χ3v) is 2.88. The molecule has 1 heterocycles. The number of anilines is 2. The van der Waals surface area contributed by atoms with Crippen molar-refractivity contribution in [2.75, 3.05) is 10.6 Å². The summed E-state index contributed by atoms with van der Waals surface area (Å²) in [6, 6.07) is 8.17. The number of alkyl halides is 3. The molecule has 0 aliphatic heterocycles. The van der Waals surface area contributed by atoms with Crippen LogP contribution in [0.25, 0.3) is 0 Å². The van der Waals surface area contributed by atoms with Crippen molar-refractivity contribution < 1.29 is 27.2 Å². The highest BCUT2D eigenvalue weighted by Gasteiger charge is 2.38. The highest BCUT2D eigenvalue weighted by Crippen LogP contribution is 2.20. The maximum absolute atomic E-state index is 12.1. The molecule has 9 heteroatoms. The van der Waals surface area contributed by atoms with Gasteiger partial charge >= 0.3 is 12.1 Å². The minimum atomic E-state index is -4.96. The highest BCUT2D eigenvalue weighted by molar-refractivity contribution is 9.10. The third-order valence-electron chi connectivity index (χ3n) is 2.46. The highest BCUT2D eigenvalue weighted by atomic mass is 79.9. The van der Waals surface area contributed by atoms with Crippen molar-refractivity contribution in [3.05, 3.63) is 46.8 Å². The molecule has 0 saturated heterocycles. The molecule has 0 aliphatic carbocycles. The zero-order chi connectivity index (χ0) is 16.3. The van der Waals surface area contributed by atoms with Crippen LogP contribution in [0.1, 0.15) is 10.6 Å². The van der Waals surface area contributed by atoms with Gasteiger partial charge in [-0.3, -0.25) is 9.59 Å². The van der Waals surface area contributed by atoms with Crippen LogP contribution in [0.15, 0.2) is 45.5 Å². The fraction of sp³-hybridized carbons (Fsp3) is 0.0769. The van der Waals surface area contributed by atoms with Crippen molar-refractivity contribution in [3.8, 4) is 0 Å². The molecule has 0 fully saturated rings. The molecule has 0 unspecified atom stereocenters. The summed E-state index contributed by atoms with van der Waals surface area (Å²) in [5.41, 5.74) is 0.295. The minimum Gasteiger partial charge on any atom is -0.444 e. The number of nitrogens with one attached hydrogen (secondary N) is 2. The van der Waals surface area contributed by atoms with Gasteiger partial charge in [-0.25, -0.2) is 0 Å². The maximum atomic E-state index is 12.1. The molecule has 0 radical (unpaired) electrons. The molecular formula is C13H8BrF3N2O3. The van der Waals surface area contributed by atoms with Crippen LogP contribution >= 0.6 is 15.9 Å². The molecule has 2 N–H and O–H groups in total. The second-order valence-corrected chi connectivity index (χ2v) is 4.87. The lowest BCUT2D eigenvalue weighted by Crippen LogP contribution is -2.29. The number of hydrogen-bond acceptors (Lipinski definition) is 3. The van der Waals surface area contributed by atoms with Crippen LogP contribution in [0, 0.1) is 0 Å². The Balaban J connectivity index is 2.00. The molecule has 0 atom stereocenters. The standard InChI is InChI=1S/C13H8BrF3N2O3/c14-10-6-5-9(22-10)11(20)18-7-1-3-8(4-2-7)19-12(21)13(15,16)17/h1-6H,(H,18,20)(H,19,21). The van der Waals surface area contributed by atoms with E-state index in [0.29, 0.717) is 10.4 Å². The molecular weight excluding hydrogens is 369 g/mol. The molecule has 116 valence electrons. The summed E-state index contributed by atoms with van der Waals surface area (Å²) in [5, 5.41) is 4.19. The van der Waals surface area contributed by atoms with E-state index in [1.807, 2.05) is 0 Å². The summed E-state index contributed by atoms with van der Waals surface area (Å²) in [7, 11) is 0. The first kappa shape index (κ1) is 16.1. The van der Waals surface area contributed by atoms with Crippen LogP contribution in [0.2, 0.25) is 0 Å². The number of amides is 2. The van der Waals surface area contributed by atoms with Gasteiger partial charge < -0.3 is 15.1 Å². The largest absolute Gasteiger partial charge is 0.471 e. The predicted molar refractivity (Wildman–Crippen MR) is 75.5 cm³/mol. The average molecular weight is 377 g/mol. The average Bonchev–Trinajstić information content (AvgIpc) is 2.86. The van der Waals surface area contributed by atoms with Crippen molar-refractivity contribution in [1.29, 1.82) is 0 Å². The Morgan fingerprint density at radius 1 is 0.955 bits per heavy atom. The quantitative estimate of drug-likeness (QED) is 0.855. The molecule has 0 saturated carbocycles. The van der Waals surface area contributed by atoms with E-state index in [0.717, 1.165) is 0 Å². The van der Waals surface area contributed by atoms with Crippen LogP contribution in [-0.4, -0.2) is 18.0 Å². The Morgan fingerprint density at radius 3 is 1.95 bits per heavy atom. The molecule has 2 rings (SSSR count). The van der Waals surface area contributed by atoms with Gasteiger partial charge in [0.2, 0.25) is 0 Å². The summed E-state index contributed by atoms with van der Waals surface area (Å²) < 4.78 is 41.7. The molecule has 22 heavy (non-hydrogen) atoms. The number of halogens is 4. The van der Waals surface area contributed by atoms with Gasteiger partial charge in [0.25, 0.3) is 5.91 Å². The van der Waals surface area contributed by atoms with E-state index < -0.39 is 18.0 Å². The number of rotatable bonds is 3. The zero-order valence-electron chi connectivity index (χ0n) is 10.7. The van der Waals surface area contributed by atoms with Gasteiger partial charge in [0.1, 0.15) is 0 Å². The van der Waals surface area contributed by atoms with E-state index in [-0.39, 0.29) is 11.4 Å². The van der Waals surface area contributed by atoms with Crippen LogP contribution < -0.4 is 10.6 Å². The lowest BCUT2D eigenvalue weighted by Gasteiger charge is -2.09. The molecule has 2 amide bonds. The summed E-state index contributed by atoms with van der Waals surface area (Å²) in [4.78, 5) is 22.5. The molecule has 2 aromatic rings. The van der Waals surface area contributed by atoms with Crippen LogP contribution in [0.4, 0.5) is 24.5 Å². The number of hydrogen-bond donors (Lipinski definition) is 2. The fourth-order valence-electron chi connectivity index (χ4n) is 1.47. The molecule has 0 spiro atoms. The van der Waals surface area contributed by atoms with Crippen molar-refractivity contribution in [1.82, 2.24) is 0 Å². The summed E-state index contributed by atoms with van der Waals surface area (Å²) in [6.07, 6.45) is -4.96. The van der Waals surface area contributed by atoms with E-state index in [1.165, 1.54) is 30.3 Å². The lowest BCUT2D eigenvalue weighted by atomic mass is 10.2. The first-order chi connectivity index (χ1) is 10.3. The fourth-order valence-corrected chi connectivity index (χ4v) is 1.77. The Kier molecular flexibility index (Phi) is 4.55. The Labute approximate surface area is 130 Å². The van der Waals surface area contributed by atoms with Gasteiger partial charge in [0.15, 0.2) is 10.4 Å². The van der Waals surface area contributed by atoms with Gasteiger partial charge in [-0.1, -0.05) is 0 Å². The second-order valence-electron chi connectivity index (χ2n) is 4.09. The molecule has 0 bridgehead atoms. The number of carbonyl (C=O) groups excluding carboxylic acids is 2. The predicted octanol–water partition coefficient (Wildman–Crippen LogP) is 3.80. The Morgan fingerprint density at radius 2 is 1.50 bits per heavy atom.